The first-order chi connectivity index (χ1) is 10.7. The Bertz CT molecular complexity index is 809. The number of hydrogen-bond acceptors (Lipinski definition) is 4. The van der Waals surface area contributed by atoms with Gasteiger partial charge in [0.1, 0.15) is 5.01 Å². The summed E-state index contributed by atoms with van der Waals surface area (Å²) in [7, 11) is 0. The number of ether oxygens (including phenoxy) is 1. The molecule has 112 valence electrons. The number of aromatic hydroxyl groups is 1. The van der Waals surface area contributed by atoms with Crippen molar-refractivity contribution in [1.29, 1.82) is 0 Å². The van der Waals surface area contributed by atoms with Crippen LogP contribution in [0.25, 0.3) is 22.4 Å². The van der Waals surface area contributed by atoms with Crippen LogP contribution >= 0.6 is 27.3 Å². The van der Waals surface area contributed by atoms with E-state index in [0.29, 0.717) is 16.8 Å². The minimum atomic E-state index is 0.124. The van der Waals surface area contributed by atoms with Gasteiger partial charge >= 0.3 is 0 Å². The molecule has 0 aliphatic heterocycles. The topological polar surface area (TPSA) is 42.4 Å². The van der Waals surface area contributed by atoms with Crippen LogP contribution < -0.4 is 4.74 Å². The average Bonchev–Trinajstić information content (AvgIpc) is 2.93. The molecule has 0 saturated carbocycles. The third kappa shape index (κ3) is 3.15. The smallest absolute Gasteiger partial charge is 0.172 e. The number of rotatable bonds is 4. The Hall–Kier alpha value is -1.85. The molecule has 1 aromatic heterocycles. The number of phenols is 1. The maximum atomic E-state index is 9.93. The van der Waals surface area contributed by atoms with Crippen molar-refractivity contribution in [3.8, 4) is 11.5 Å². The molecule has 3 aromatic rings. The lowest BCUT2D eigenvalue weighted by Gasteiger charge is -2.08. The van der Waals surface area contributed by atoms with Gasteiger partial charge in [0.05, 0.1) is 21.3 Å². The summed E-state index contributed by atoms with van der Waals surface area (Å²) in [5.74, 6) is 0.597. The molecule has 0 radical (unpaired) electrons. The largest absolute Gasteiger partial charge is 0.503 e. The molecule has 3 nitrogen and oxygen atoms in total. The van der Waals surface area contributed by atoms with Crippen LogP contribution in [-0.2, 0) is 0 Å². The van der Waals surface area contributed by atoms with Crippen molar-refractivity contribution >= 4 is 49.6 Å². The molecule has 0 amide bonds. The summed E-state index contributed by atoms with van der Waals surface area (Å²) in [6, 6.07) is 11.7. The van der Waals surface area contributed by atoms with E-state index >= 15 is 0 Å². The Labute approximate surface area is 141 Å². The fourth-order valence-electron chi connectivity index (χ4n) is 2.08. The lowest BCUT2D eigenvalue weighted by atomic mass is 10.2. The fraction of sp³-hybridized carbons (Fsp3) is 0.118. The van der Waals surface area contributed by atoms with E-state index in [1.54, 1.807) is 11.3 Å². The van der Waals surface area contributed by atoms with Crippen LogP contribution in [0.1, 0.15) is 17.5 Å². The number of aromatic nitrogens is 1. The molecule has 0 atom stereocenters. The number of fused-ring (bicyclic) bond motifs is 1. The highest BCUT2D eigenvalue weighted by Gasteiger charge is 2.08. The van der Waals surface area contributed by atoms with Crippen molar-refractivity contribution in [2.24, 2.45) is 0 Å². The zero-order valence-electron chi connectivity index (χ0n) is 11.9. The second-order valence-electron chi connectivity index (χ2n) is 4.64. The van der Waals surface area contributed by atoms with Crippen LogP contribution in [-0.4, -0.2) is 16.7 Å². The van der Waals surface area contributed by atoms with E-state index < -0.39 is 0 Å². The summed E-state index contributed by atoms with van der Waals surface area (Å²) in [6.07, 6.45) is 3.93. The molecule has 3 rings (SSSR count). The Balaban J connectivity index is 1.91. The summed E-state index contributed by atoms with van der Waals surface area (Å²) in [6.45, 7) is 2.39. The van der Waals surface area contributed by atoms with E-state index in [-0.39, 0.29) is 5.75 Å². The summed E-state index contributed by atoms with van der Waals surface area (Å²) >= 11 is 4.99. The number of nitrogens with zero attached hydrogens (tertiary/aromatic N) is 1. The SMILES string of the molecule is CCOc1cc(/C=C/c2nc3ccccc3s2)cc(Br)c1O. The lowest BCUT2D eigenvalue weighted by molar-refractivity contribution is 0.317. The third-order valence-electron chi connectivity index (χ3n) is 3.08. The fourth-order valence-corrected chi connectivity index (χ4v) is 3.41. The van der Waals surface area contributed by atoms with Crippen molar-refractivity contribution in [1.82, 2.24) is 4.98 Å². The van der Waals surface area contributed by atoms with Gasteiger partial charge in [0, 0.05) is 0 Å². The van der Waals surface area contributed by atoms with Crippen LogP contribution in [0.5, 0.6) is 11.5 Å². The van der Waals surface area contributed by atoms with Gasteiger partial charge in [-0.2, -0.15) is 0 Å². The van der Waals surface area contributed by atoms with Crippen LogP contribution in [0.15, 0.2) is 40.9 Å². The predicted molar refractivity (Wildman–Crippen MR) is 95.5 cm³/mol. The predicted octanol–water partition coefficient (Wildman–Crippen LogP) is 5.33. The molecule has 1 N–H and O–H groups in total. The van der Waals surface area contributed by atoms with Crippen molar-refractivity contribution in [3.63, 3.8) is 0 Å². The lowest BCUT2D eigenvalue weighted by Crippen LogP contribution is -1.92. The Morgan fingerprint density at radius 2 is 2.09 bits per heavy atom. The second kappa shape index (κ2) is 6.50. The molecular formula is C17H14BrNO2S. The van der Waals surface area contributed by atoms with Gasteiger partial charge in [0.15, 0.2) is 11.5 Å². The van der Waals surface area contributed by atoms with Crippen molar-refractivity contribution < 1.29 is 9.84 Å². The highest BCUT2D eigenvalue weighted by Crippen LogP contribution is 2.36. The van der Waals surface area contributed by atoms with E-state index in [4.69, 9.17) is 4.74 Å². The van der Waals surface area contributed by atoms with E-state index in [2.05, 4.69) is 27.0 Å². The summed E-state index contributed by atoms with van der Waals surface area (Å²) in [4.78, 5) is 4.57. The molecule has 0 aliphatic carbocycles. The maximum absolute atomic E-state index is 9.93. The molecule has 0 aliphatic rings. The molecule has 0 fully saturated rings. The second-order valence-corrected chi connectivity index (χ2v) is 6.55. The van der Waals surface area contributed by atoms with Gasteiger partial charge < -0.3 is 9.84 Å². The standard InChI is InChI=1S/C17H14BrNO2S/c1-2-21-14-10-11(9-12(18)17(14)20)7-8-16-19-13-5-3-4-6-15(13)22-16/h3-10,20H,2H2,1H3/b8-7+. The van der Waals surface area contributed by atoms with E-state index in [0.717, 1.165) is 16.1 Å². The zero-order valence-corrected chi connectivity index (χ0v) is 14.3. The number of benzene rings is 2. The van der Waals surface area contributed by atoms with Crippen molar-refractivity contribution in [3.05, 3.63) is 51.4 Å². The minimum Gasteiger partial charge on any atom is -0.503 e. The highest BCUT2D eigenvalue weighted by molar-refractivity contribution is 9.10. The first-order valence-electron chi connectivity index (χ1n) is 6.86. The van der Waals surface area contributed by atoms with Gasteiger partial charge in [-0.05, 0) is 58.8 Å². The van der Waals surface area contributed by atoms with Crippen molar-refractivity contribution in [2.45, 2.75) is 6.92 Å². The minimum absolute atomic E-state index is 0.124. The van der Waals surface area contributed by atoms with E-state index in [9.17, 15) is 5.11 Å². The van der Waals surface area contributed by atoms with Crippen LogP contribution in [0.4, 0.5) is 0 Å². The average molecular weight is 376 g/mol. The Kier molecular flexibility index (Phi) is 4.45. The maximum Gasteiger partial charge on any atom is 0.172 e. The molecule has 0 bridgehead atoms. The molecular weight excluding hydrogens is 362 g/mol. The van der Waals surface area contributed by atoms with Crippen LogP contribution in [0, 0.1) is 0 Å². The monoisotopic (exact) mass is 375 g/mol. The molecule has 1 heterocycles. The highest BCUT2D eigenvalue weighted by atomic mass is 79.9. The van der Waals surface area contributed by atoms with Crippen LogP contribution in [0.2, 0.25) is 0 Å². The summed E-state index contributed by atoms with van der Waals surface area (Å²) in [5, 5.41) is 10.9. The van der Waals surface area contributed by atoms with Gasteiger partial charge in [0.2, 0.25) is 0 Å². The molecule has 2 aromatic carbocycles. The van der Waals surface area contributed by atoms with Crippen LogP contribution in [0.3, 0.4) is 0 Å². The van der Waals surface area contributed by atoms with Gasteiger partial charge in [-0.3, -0.25) is 0 Å². The first-order valence-corrected chi connectivity index (χ1v) is 8.47. The van der Waals surface area contributed by atoms with Gasteiger partial charge in [-0.25, -0.2) is 4.98 Å². The van der Waals surface area contributed by atoms with Gasteiger partial charge in [-0.15, -0.1) is 11.3 Å². The van der Waals surface area contributed by atoms with Gasteiger partial charge in [-0.1, -0.05) is 18.2 Å². The first kappa shape index (κ1) is 15.1. The number of phenolic OH excluding ortho intramolecular Hbond substituents is 1. The van der Waals surface area contributed by atoms with Gasteiger partial charge in [0.25, 0.3) is 0 Å². The molecule has 0 saturated heterocycles. The van der Waals surface area contributed by atoms with Crippen molar-refractivity contribution in [2.75, 3.05) is 6.61 Å². The number of para-hydroxylation sites is 1. The normalized spacial score (nSPS) is 11.4. The van der Waals surface area contributed by atoms with E-state index in [1.807, 2.05) is 49.4 Å². The zero-order chi connectivity index (χ0) is 15.5. The molecule has 5 heteroatoms. The molecule has 0 unspecified atom stereocenters. The number of hydrogen-bond donors (Lipinski definition) is 1. The Morgan fingerprint density at radius 1 is 1.27 bits per heavy atom. The third-order valence-corrected chi connectivity index (χ3v) is 4.69. The number of thiazole rings is 1. The quantitative estimate of drug-likeness (QED) is 0.669. The molecule has 22 heavy (non-hydrogen) atoms. The summed E-state index contributed by atoms with van der Waals surface area (Å²) < 4.78 is 7.22. The van der Waals surface area contributed by atoms with E-state index in [1.165, 1.54) is 4.70 Å². The molecule has 0 spiro atoms. The number of halogens is 1. The Morgan fingerprint density at radius 3 is 2.86 bits per heavy atom. The summed E-state index contributed by atoms with van der Waals surface area (Å²) in [5.41, 5.74) is 1.95.